The lowest BCUT2D eigenvalue weighted by atomic mass is 9.69. The molecule has 3 nitrogen and oxygen atoms in total. The second kappa shape index (κ2) is 7.58. The van der Waals surface area contributed by atoms with Gasteiger partial charge in [-0.05, 0) is 37.5 Å². The molecule has 0 radical (unpaired) electrons. The van der Waals surface area contributed by atoms with Crippen molar-refractivity contribution in [1.29, 1.82) is 0 Å². The van der Waals surface area contributed by atoms with E-state index >= 15 is 0 Å². The van der Waals surface area contributed by atoms with Gasteiger partial charge in [0.15, 0.2) is 0 Å². The molecule has 2 rings (SSSR count). The third kappa shape index (κ3) is 3.10. The summed E-state index contributed by atoms with van der Waals surface area (Å²) in [6.07, 6.45) is 13.5. The van der Waals surface area contributed by atoms with Crippen molar-refractivity contribution >= 4 is 8.80 Å². The zero-order chi connectivity index (χ0) is 15.3. The Balaban J connectivity index is 2.35. The van der Waals surface area contributed by atoms with Gasteiger partial charge in [0.1, 0.15) is 0 Å². The minimum absolute atomic E-state index is 0.0755. The molecule has 2 saturated carbocycles. The standard InChI is InChI=1S/C17H34O3Si/c1-17(15-11-7-5-8-12-15,16-13-9-6-10-14-16)21(18-2,19-3)20-4/h15-16H,5-14H2,1-4H3. The summed E-state index contributed by atoms with van der Waals surface area (Å²) in [6, 6.07) is 0. The predicted molar refractivity (Wildman–Crippen MR) is 88.3 cm³/mol. The monoisotopic (exact) mass is 314 g/mol. The molecule has 0 bridgehead atoms. The van der Waals surface area contributed by atoms with Gasteiger partial charge in [-0.25, -0.2) is 0 Å². The Bertz CT molecular complexity index is 279. The SMILES string of the molecule is CO[Si](OC)(OC)C(C)(C1CCCCC1)C1CCCCC1. The molecule has 0 atom stereocenters. The minimum Gasteiger partial charge on any atom is -0.376 e. The maximum absolute atomic E-state index is 6.00. The summed E-state index contributed by atoms with van der Waals surface area (Å²) < 4.78 is 18.0. The molecule has 0 N–H and O–H groups in total. The smallest absolute Gasteiger partial charge is 0.376 e. The molecule has 0 heterocycles. The van der Waals surface area contributed by atoms with Crippen molar-refractivity contribution in [3.63, 3.8) is 0 Å². The van der Waals surface area contributed by atoms with Crippen LogP contribution in [0.2, 0.25) is 5.04 Å². The first-order valence-corrected chi connectivity index (χ1v) is 10.5. The molecule has 21 heavy (non-hydrogen) atoms. The van der Waals surface area contributed by atoms with Crippen molar-refractivity contribution in [1.82, 2.24) is 0 Å². The molecule has 0 aromatic rings. The molecule has 2 aliphatic carbocycles. The van der Waals surface area contributed by atoms with E-state index in [2.05, 4.69) is 6.92 Å². The van der Waals surface area contributed by atoms with Gasteiger partial charge in [-0.3, -0.25) is 0 Å². The Hall–Kier alpha value is 0.0969. The van der Waals surface area contributed by atoms with Gasteiger partial charge in [0.2, 0.25) is 0 Å². The molecule has 124 valence electrons. The molecular formula is C17H34O3Si. The molecule has 2 fully saturated rings. The Morgan fingerprint density at radius 1 is 0.667 bits per heavy atom. The van der Waals surface area contributed by atoms with Crippen LogP contribution in [-0.4, -0.2) is 30.1 Å². The third-order valence-electron chi connectivity index (χ3n) is 6.37. The van der Waals surface area contributed by atoms with Gasteiger partial charge in [-0.15, -0.1) is 0 Å². The maximum atomic E-state index is 6.00. The summed E-state index contributed by atoms with van der Waals surface area (Å²) >= 11 is 0. The third-order valence-corrected chi connectivity index (χ3v) is 10.1. The molecule has 0 amide bonds. The van der Waals surface area contributed by atoms with Crippen molar-refractivity contribution < 1.29 is 13.3 Å². The van der Waals surface area contributed by atoms with Gasteiger partial charge in [-0.2, -0.15) is 0 Å². The summed E-state index contributed by atoms with van der Waals surface area (Å²) in [6.45, 7) is 2.43. The van der Waals surface area contributed by atoms with E-state index < -0.39 is 8.80 Å². The highest BCUT2D eigenvalue weighted by Gasteiger charge is 2.63. The molecule has 0 aromatic heterocycles. The Kier molecular flexibility index (Phi) is 6.30. The molecule has 0 spiro atoms. The van der Waals surface area contributed by atoms with Crippen molar-refractivity contribution in [3.8, 4) is 0 Å². The van der Waals surface area contributed by atoms with Crippen LogP contribution in [0.15, 0.2) is 0 Å². The topological polar surface area (TPSA) is 27.7 Å². The van der Waals surface area contributed by atoms with Crippen molar-refractivity contribution in [2.45, 2.75) is 76.2 Å². The van der Waals surface area contributed by atoms with Crippen molar-refractivity contribution in [2.24, 2.45) is 11.8 Å². The molecule has 0 unspecified atom stereocenters. The average molecular weight is 315 g/mol. The highest BCUT2D eigenvalue weighted by Crippen LogP contribution is 2.59. The first-order chi connectivity index (χ1) is 10.1. The van der Waals surface area contributed by atoms with Crippen LogP contribution in [0.25, 0.3) is 0 Å². The zero-order valence-electron chi connectivity index (χ0n) is 14.5. The Morgan fingerprint density at radius 3 is 1.29 bits per heavy atom. The largest absolute Gasteiger partial charge is 0.506 e. The molecule has 4 heteroatoms. The fraction of sp³-hybridized carbons (Fsp3) is 1.00. The van der Waals surface area contributed by atoms with Crippen LogP contribution in [-0.2, 0) is 13.3 Å². The van der Waals surface area contributed by atoms with Gasteiger partial charge in [0.25, 0.3) is 0 Å². The van der Waals surface area contributed by atoms with Crippen LogP contribution in [0.3, 0.4) is 0 Å². The number of rotatable bonds is 6. The number of hydrogen-bond donors (Lipinski definition) is 0. The highest BCUT2D eigenvalue weighted by molar-refractivity contribution is 6.64. The second-order valence-corrected chi connectivity index (χ2v) is 10.5. The van der Waals surface area contributed by atoms with Gasteiger partial charge in [0, 0.05) is 26.4 Å². The van der Waals surface area contributed by atoms with Crippen LogP contribution in [0.4, 0.5) is 0 Å². The predicted octanol–water partition coefficient (Wildman–Crippen LogP) is 4.79. The summed E-state index contributed by atoms with van der Waals surface area (Å²) in [5, 5.41) is 0.0755. The van der Waals surface area contributed by atoms with Crippen LogP contribution in [0.1, 0.15) is 71.1 Å². The minimum atomic E-state index is -2.65. The van der Waals surface area contributed by atoms with E-state index in [9.17, 15) is 0 Å². The highest BCUT2D eigenvalue weighted by atomic mass is 28.4. The fourth-order valence-electron chi connectivity index (χ4n) is 5.15. The van der Waals surface area contributed by atoms with Crippen molar-refractivity contribution in [2.75, 3.05) is 21.3 Å². The second-order valence-electron chi connectivity index (χ2n) is 7.12. The lowest BCUT2D eigenvalue weighted by Crippen LogP contribution is -2.59. The first kappa shape index (κ1) is 17.5. The van der Waals surface area contributed by atoms with Gasteiger partial charge in [0.05, 0.1) is 0 Å². The lowest BCUT2D eigenvalue weighted by Gasteiger charge is -2.52. The summed E-state index contributed by atoms with van der Waals surface area (Å²) in [5.74, 6) is 1.39. The lowest BCUT2D eigenvalue weighted by molar-refractivity contribution is 0.0347. The first-order valence-electron chi connectivity index (χ1n) is 8.80. The Labute approximate surface area is 132 Å². The van der Waals surface area contributed by atoms with E-state index in [0.717, 1.165) is 0 Å². The summed E-state index contributed by atoms with van der Waals surface area (Å²) in [7, 11) is 2.74. The van der Waals surface area contributed by atoms with Crippen molar-refractivity contribution in [3.05, 3.63) is 0 Å². The number of hydrogen-bond acceptors (Lipinski definition) is 3. The van der Waals surface area contributed by atoms with Gasteiger partial charge in [-0.1, -0.05) is 45.4 Å². The quantitative estimate of drug-likeness (QED) is 0.660. The normalized spacial score (nSPS) is 23.4. The van der Waals surface area contributed by atoms with Crippen LogP contribution in [0.5, 0.6) is 0 Å². The van der Waals surface area contributed by atoms with E-state index in [0.29, 0.717) is 11.8 Å². The van der Waals surface area contributed by atoms with Gasteiger partial charge >= 0.3 is 8.80 Å². The average Bonchev–Trinajstić information content (AvgIpc) is 2.58. The molecule has 0 aromatic carbocycles. The van der Waals surface area contributed by atoms with E-state index in [4.69, 9.17) is 13.3 Å². The van der Waals surface area contributed by atoms with E-state index in [-0.39, 0.29) is 5.04 Å². The van der Waals surface area contributed by atoms with Crippen LogP contribution in [0, 0.1) is 11.8 Å². The van der Waals surface area contributed by atoms with Gasteiger partial charge < -0.3 is 13.3 Å². The van der Waals surface area contributed by atoms with Crippen LogP contribution < -0.4 is 0 Å². The summed E-state index contributed by atoms with van der Waals surface area (Å²) in [4.78, 5) is 0. The fourth-order valence-corrected chi connectivity index (χ4v) is 8.54. The van der Waals surface area contributed by atoms with E-state index in [1.165, 1.54) is 64.2 Å². The maximum Gasteiger partial charge on any atom is 0.506 e. The van der Waals surface area contributed by atoms with Crippen LogP contribution >= 0.6 is 0 Å². The molecule has 0 saturated heterocycles. The molecular weight excluding hydrogens is 280 g/mol. The van der Waals surface area contributed by atoms with E-state index in [1.54, 1.807) is 21.3 Å². The van der Waals surface area contributed by atoms with E-state index in [1.807, 2.05) is 0 Å². The zero-order valence-corrected chi connectivity index (χ0v) is 15.5. The molecule has 2 aliphatic rings. The molecule has 0 aliphatic heterocycles. The summed E-state index contributed by atoms with van der Waals surface area (Å²) in [5.41, 5.74) is 0. The Morgan fingerprint density at radius 2 is 1.00 bits per heavy atom.